The van der Waals surface area contributed by atoms with E-state index in [0.29, 0.717) is 31.9 Å². The van der Waals surface area contributed by atoms with Gasteiger partial charge in [-0.05, 0) is 36.7 Å². The number of likely N-dealkylation sites (N-methyl/N-ethyl adjacent to an activating group) is 1. The number of piperazine rings is 1. The third kappa shape index (κ3) is 5.85. The first kappa shape index (κ1) is 25.0. The molecule has 0 aliphatic carbocycles. The van der Waals surface area contributed by atoms with E-state index in [2.05, 4.69) is 24.0 Å². The van der Waals surface area contributed by atoms with Gasteiger partial charge in [0.1, 0.15) is 16.4 Å². The second kappa shape index (κ2) is 11.0. The maximum atomic E-state index is 13.2. The van der Waals surface area contributed by atoms with Crippen molar-refractivity contribution >= 4 is 15.9 Å². The molecule has 2 aromatic rings. The zero-order valence-electron chi connectivity index (χ0n) is 19.8. The highest BCUT2D eigenvalue weighted by Crippen LogP contribution is 2.31. The number of hydrogen-bond donors (Lipinski definition) is 0. The zero-order chi connectivity index (χ0) is 24.0. The average molecular weight is 476 g/mol. The molecule has 9 heteroatoms. The summed E-state index contributed by atoms with van der Waals surface area (Å²) in [5.41, 5.74) is 2.41. The number of sulfonamides is 1. The van der Waals surface area contributed by atoms with Crippen molar-refractivity contribution < 1.29 is 22.7 Å². The fourth-order valence-corrected chi connectivity index (χ4v) is 5.49. The number of hydrogen-bond acceptors (Lipinski definition) is 6. The number of rotatable bonds is 9. The van der Waals surface area contributed by atoms with E-state index in [9.17, 15) is 13.2 Å². The molecule has 0 spiro atoms. The molecule has 0 unspecified atom stereocenters. The lowest BCUT2D eigenvalue weighted by Gasteiger charge is -2.35. The summed E-state index contributed by atoms with van der Waals surface area (Å²) in [6.07, 6.45) is 0. The van der Waals surface area contributed by atoms with Crippen molar-refractivity contribution in [3.8, 4) is 11.5 Å². The Morgan fingerprint density at radius 2 is 1.73 bits per heavy atom. The average Bonchev–Trinajstić information content (AvgIpc) is 2.84. The molecule has 0 bridgehead atoms. The second-order valence-corrected chi connectivity index (χ2v) is 9.94. The smallest absolute Gasteiger partial charge is 0.247 e. The number of ether oxygens (including phenoxy) is 2. The fraction of sp³-hybridized carbons (Fsp3) is 0.458. The van der Waals surface area contributed by atoms with Crippen LogP contribution in [0.5, 0.6) is 11.5 Å². The second-order valence-electron chi connectivity index (χ2n) is 8.03. The summed E-state index contributed by atoms with van der Waals surface area (Å²) in [7, 11) is -0.854. The predicted molar refractivity (Wildman–Crippen MR) is 127 cm³/mol. The lowest BCUT2D eigenvalue weighted by Crippen LogP contribution is -2.52. The van der Waals surface area contributed by atoms with Crippen molar-refractivity contribution in [2.45, 2.75) is 25.3 Å². The summed E-state index contributed by atoms with van der Waals surface area (Å²) in [6, 6.07) is 12.9. The number of amides is 1. The van der Waals surface area contributed by atoms with Crippen LogP contribution in [0.4, 0.5) is 0 Å². The van der Waals surface area contributed by atoms with Crippen molar-refractivity contribution in [3.63, 3.8) is 0 Å². The van der Waals surface area contributed by atoms with Crippen molar-refractivity contribution in [1.29, 1.82) is 0 Å². The lowest BCUT2D eigenvalue weighted by molar-refractivity contribution is -0.133. The van der Waals surface area contributed by atoms with Crippen LogP contribution in [0.1, 0.15) is 18.1 Å². The minimum atomic E-state index is -3.78. The molecular formula is C24H33N3O5S. The molecule has 33 heavy (non-hydrogen) atoms. The van der Waals surface area contributed by atoms with Crippen LogP contribution < -0.4 is 9.47 Å². The van der Waals surface area contributed by atoms with Gasteiger partial charge in [-0.2, -0.15) is 4.31 Å². The van der Waals surface area contributed by atoms with Gasteiger partial charge >= 0.3 is 0 Å². The number of carbonyl (C=O) groups is 1. The number of benzene rings is 2. The van der Waals surface area contributed by atoms with Crippen molar-refractivity contribution in [3.05, 3.63) is 53.6 Å². The Kier molecular flexibility index (Phi) is 8.34. The van der Waals surface area contributed by atoms with Gasteiger partial charge in [0, 0.05) is 38.8 Å². The van der Waals surface area contributed by atoms with Gasteiger partial charge in [-0.25, -0.2) is 8.42 Å². The molecule has 1 amide bonds. The summed E-state index contributed by atoms with van der Waals surface area (Å²) < 4.78 is 38.4. The Bertz CT molecular complexity index is 1070. The Hall–Kier alpha value is -2.62. The molecule has 8 nitrogen and oxygen atoms in total. The van der Waals surface area contributed by atoms with Crippen LogP contribution in [0, 0.1) is 6.92 Å². The molecule has 0 atom stereocenters. The maximum Gasteiger partial charge on any atom is 0.247 e. The Labute approximate surface area is 196 Å². The summed E-state index contributed by atoms with van der Waals surface area (Å²) in [4.78, 5) is 16.9. The molecule has 3 rings (SSSR count). The topological polar surface area (TPSA) is 79.4 Å². The number of methoxy groups -OCH3 is 2. The van der Waals surface area contributed by atoms with E-state index >= 15 is 0 Å². The van der Waals surface area contributed by atoms with Crippen molar-refractivity contribution in [1.82, 2.24) is 14.1 Å². The molecule has 0 aromatic heterocycles. The molecule has 0 radical (unpaired) electrons. The normalized spacial score (nSPS) is 15.0. The Morgan fingerprint density at radius 1 is 1.03 bits per heavy atom. The Balaban J connectivity index is 1.63. The molecule has 1 heterocycles. The third-order valence-corrected chi connectivity index (χ3v) is 7.96. The molecule has 1 aliphatic rings. The van der Waals surface area contributed by atoms with E-state index < -0.39 is 10.0 Å². The molecule has 180 valence electrons. The summed E-state index contributed by atoms with van der Waals surface area (Å²) >= 11 is 0. The standard InChI is InChI=1S/C24H33N3O5S/c1-5-25(17-20-9-7-6-8-19(20)2)18-24(28)26-12-14-27(15-13-26)33(29,30)23-16-21(31-3)10-11-22(23)32-4/h6-11,16H,5,12-15,17-18H2,1-4H3. The minimum absolute atomic E-state index is 0.0152. The summed E-state index contributed by atoms with van der Waals surface area (Å²) in [5, 5.41) is 0. The van der Waals surface area contributed by atoms with Crippen molar-refractivity contribution in [2.75, 3.05) is 53.5 Å². The van der Waals surface area contributed by atoms with E-state index in [-0.39, 0.29) is 29.6 Å². The van der Waals surface area contributed by atoms with Crippen LogP contribution >= 0.6 is 0 Å². The van der Waals surface area contributed by atoms with Gasteiger partial charge in [-0.1, -0.05) is 31.2 Å². The first-order valence-corrected chi connectivity index (χ1v) is 12.5. The first-order valence-electron chi connectivity index (χ1n) is 11.1. The lowest BCUT2D eigenvalue weighted by atomic mass is 10.1. The zero-order valence-corrected chi connectivity index (χ0v) is 20.6. The monoisotopic (exact) mass is 475 g/mol. The van der Waals surface area contributed by atoms with Gasteiger partial charge in [0.05, 0.1) is 20.8 Å². The van der Waals surface area contributed by atoms with Gasteiger partial charge in [-0.3, -0.25) is 9.69 Å². The van der Waals surface area contributed by atoms with Crippen LogP contribution in [-0.2, 0) is 21.4 Å². The van der Waals surface area contributed by atoms with Crippen LogP contribution in [-0.4, -0.2) is 81.9 Å². The molecule has 1 aliphatic heterocycles. The maximum absolute atomic E-state index is 13.2. The largest absolute Gasteiger partial charge is 0.497 e. The van der Waals surface area contributed by atoms with Gasteiger partial charge in [0.15, 0.2) is 0 Å². The predicted octanol–water partition coefficient (Wildman–Crippen LogP) is 2.37. The molecule has 0 N–H and O–H groups in total. The summed E-state index contributed by atoms with van der Waals surface area (Å²) in [6.45, 7) is 7.05. The van der Waals surface area contributed by atoms with Gasteiger partial charge in [0.2, 0.25) is 15.9 Å². The van der Waals surface area contributed by atoms with Crippen molar-refractivity contribution in [2.24, 2.45) is 0 Å². The van der Waals surface area contributed by atoms with E-state index in [1.54, 1.807) is 17.0 Å². The third-order valence-electron chi connectivity index (χ3n) is 6.04. The van der Waals surface area contributed by atoms with Gasteiger partial charge in [-0.15, -0.1) is 0 Å². The minimum Gasteiger partial charge on any atom is -0.497 e. The number of aryl methyl sites for hydroxylation is 1. The van der Waals surface area contributed by atoms with E-state index in [1.807, 2.05) is 19.1 Å². The highest BCUT2D eigenvalue weighted by Gasteiger charge is 2.32. The highest BCUT2D eigenvalue weighted by atomic mass is 32.2. The highest BCUT2D eigenvalue weighted by molar-refractivity contribution is 7.89. The first-order chi connectivity index (χ1) is 15.8. The molecule has 2 aromatic carbocycles. The number of carbonyl (C=O) groups excluding carboxylic acids is 1. The molecule has 1 saturated heterocycles. The molecule has 1 fully saturated rings. The van der Waals surface area contributed by atoms with Crippen LogP contribution in [0.3, 0.4) is 0 Å². The van der Waals surface area contributed by atoms with Gasteiger partial charge < -0.3 is 14.4 Å². The Morgan fingerprint density at radius 3 is 2.33 bits per heavy atom. The van der Waals surface area contributed by atoms with Crippen LogP contribution in [0.2, 0.25) is 0 Å². The number of nitrogens with zero attached hydrogens (tertiary/aromatic N) is 3. The van der Waals surface area contributed by atoms with Gasteiger partial charge in [0.25, 0.3) is 0 Å². The van der Waals surface area contributed by atoms with E-state index in [0.717, 1.165) is 6.54 Å². The van der Waals surface area contributed by atoms with Crippen LogP contribution in [0.25, 0.3) is 0 Å². The summed E-state index contributed by atoms with van der Waals surface area (Å²) in [5.74, 6) is 0.724. The quantitative estimate of drug-likeness (QED) is 0.554. The molecular weight excluding hydrogens is 442 g/mol. The van der Waals surface area contributed by atoms with E-state index in [1.165, 1.54) is 35.7 Å². The molecule has 0 saturated carbocycles. The van der Waals surface area contributed by atoms with E-state index in [4.69, 9.17) is 9.47 Å². The fourth-order valence-electron chi connectivity index (χ4n) is 3.90. The SMILES string of the molecule is CCN(CC(=O)N1CCN(S(=O)(=O)c2cc(OC)ccc2OC)CC1)Cc1ccccc1C. The van der Waals surface area contributed by atoms with Crippen LogP contribution in [0.15, 0.2) is 47.4 Å².